The van der Waals surface area contributed by atoms with E-state index in [-0.39, 0.29) is 5.91 Å². The Bertz CT molecular complexity index is 365. The van der Waals surface area contributed by atoms with Crippen LogP contribution in [0.3, 0.4) is 0 Å². The van der Waals surface area contributed by atoms with Crippen molar-refractivity contribution in [1.29, 1.82) is 0 Å². The number of benzene rings is 1. The van der Waals surface area contributed by atoms with E-state index in [1.807, 2.05) is 31.3 Å². The fraction of sp³-hybridized carbons (Fsp3) is 0.500. The third-order valence-corrected chi connectivity index (χ3v) is 2.57. The molecule has 0 heterocycles. The number of methoxy groups -OCH3 is 1. The van der Waals surface area contributed by atoms with Crippen molar-refractivity contribution in [2.45, 2.75) is 13.0 Å². The average Bonchev–Trinajstić information content (AvgIpc) is 2.44. The Morgan fingerprint density at radius 2 is 1.95 bits per heavy atom. The first kappa shape index (κ1) is 15.5. The zero-order valence-corrected chi connectivity index (χ0v) is 11.6. The number of carbonyl (C=O) groups excluding carboxylic acids is 1. The second kappa shape index (κ2) is 9.35. The number of nitrogens with one attached hydrogen (secondary N) is 2. The first-order chi connectivity index (χ1) is 9.26. The molecule has 0 aliphatic rings. The molecule has 1 aromatic rings. The molecule has 0 spiro atoms. The van der Waals surface area contributed by atoms with Crippen molar-refractivity contribution in [3.63, 3.8) is 0 Å². The van der Waals surface area contributed by atoms with Gasteiger partial charge in [0.05, 0.1) is 6.61 Å². The lowest BCUT2D eigenvalue weighted by Crippen LogP contribution is -2.26. The van der Waals surface area contributed by atoms with Gasteiger partial charge in [-0.3, -0.25) is 4.79 Å². The Hall–Kier alpha value is -1.59. The second-order valence-electron chi connectivity index (χ2n) is 4.12. The summed E-state index contributed by atoms with van der Waals surface area (Å²) < 4.78 is 10.4. The van der Waals surface area contributed by atoms with Gasteiger partial charge in [0, 0.05) is 26.6 Å². The molecule has 0 aromatic heterocycles. The first-order valence-corrected chi connectivity index (χ1v) is 6.38. The van der Waals surface area contributed by atoms with Crippen LogP contribution in [0, 0.1) is 0 Å². The topological polar surface area (TPSA) is 59.6 Å². The van der Waals surface area contributed by atoms with Crippen molar-refractivity contribution in [1.82, 2.24) is 10.6 Å². The van der Waals surface area contributed by atoms with E-state index in [0.717, 1.165) is 11.3 Å². The van der Waals surface area contributed by atoms with Crippen LogP contribution in [-0.4, -0.2) is 39.8 Å². The minimum Gasteiger partial charge on any atom is -0.491 e. The number of ether oxygens (including phenoxy) is 2. The van der Waals surface area contributed by atoms with Crippen molar-refractivity contribution in [3.8, 4) is 5.75 Å². The monoisotopic (exact) mass is 266 g/mol. The van der Waals surface area contributed by atoms with Crippen LogP contribution in [0.5, 0.6) is 5.75 Å². The summed E-state index contributed by atoms with van der Waals surface area (Å²) in [4.78, 5) is 11.4. The molecule has 0 saturated carbocycles. The van der Waals surface area contributed by atoms with Gasteiger partial charge in [-0.05, 0) is 24.7 Å². The van der Waals surface area contributed by atoms with Crippen LogP contribution in [-0.2, 0) is 16.1 Å². The quantitative estimate of drug-likeness (QED) is 0.653. The molecular formula is C14H22N2O3. The zero-order valence-electron chi connectivity index (χ0n) is 11.6. The summed E-state index contributed by atoms with van der Waals surface area (Å²) in [5.41, 5.74) is 1.05. The van der Waals surface area contributed by atoms with Crippen LogP contribution >= 0.6 is 0 Å². The Morgan fingerprint density at radius 3 is 2.58 bits per heavy atom. The fourth-order valence-electron chi connectivity index (χ4n) is 1.47. The van der Waals surface area contributed by atoms with Crippen LogP contribution in [0.25, 0.3) is 0 Å². The van der Waals surface area contributed by atoms with E-state index in [1.54, 1.807) is 7.11 Å². The summed E-state index contributed by atoms with van der Waals surface area (Å²) in [7, 11) is 3.47. The van der Waals surface area contributed by atoms with E-state index < -0.39 is 0 Å². The minimum atomic E-state index is 0.0507. The minimum absolute atomic E-state index is 0.0507. The summed E-state index contributed by atoms with van der Waals surface area (Å²) in [6.07, 6.45) is 0.495. The molecule has 1 rings (SSSR count). The smallest absolute Gasteiger partial charge is 0.221 e. The normalized spacial score (nSPS) is 10.2. The van der Waals surface area contributed by atoms with Crippen LogP contribution in [0.2, 0.25) is 0 Å². The van der Waals surface area contributed by atoms with Gasteiger partial charge in [0.2, 0.25) is 5.91 Å². The predicted molar refractivity (Wildman–Crippen MR) is 74.2 cm³/mol. The maximum Gasteiger partial charge on any atom is 0.221 e. The highest BCUT2D eigenvalue weighted by Gasteiger charge is 2.00. The Balaban J connectivity index is 2.29. The highest BCUT2D eigenvalue weighted by molar-refractivity contribution is 5.76. The van der Waals surface area contributed by atoms with Crippen LogP contribution in [0.1, 0.15) is 12.0 Å². The van der Waals surface area contributed by atoms with Crippen LogP contribution in [0.4, 0.5) is 0 Å². The molecule has 5 heteroatoms. The lowest BCUT2D eigenvalue weighted by atomic mass is 10.2. The van der Waals surface area contributed by atoms with E-state index in [1.165, 1.54) is 0 Å². The largest absolute Gasteiger partial charge is 0.491 e. The molecule has 0 fully saturated rings. The van der Waals surface area contributed by atoms with E-state index in [2.05, 4.69) is 10.6 Å². The van der Waals surface area contributed by atoms with Crippen LogP contribution < -0.4 is 15.4 Å². The van der Waals surface area contributed by atoms with E-state index in [0.29, 0.717) is 32.7 Å². The highest BCUT2D eigenvalue weighted by atomic mass is 16.5. The van der Waals surface area contributed by atoms with Gasteiger partial charge < -0.3 is 20.1 Å². The predicted octanol–water partition coefficient (Wildman–Crippen LogP) is 0.937. The Morgan fingerprint density at radius 1 is 1.21 bits per heavy atom. The third kappa shape index (κ3) is 6.79. The summed E-state index contributed by atoms with van der Waals surface area (Å²) in [5, 5.41) is 5.81. The van der Waals surface area contributed by atoms with Gasteiger partial charge in [0.1, 0.15) is 12.4 Å². The lowest BCUT2D eigenvalue weighted by Gasteiger charge is -2.08. The van der Waals surface area contributed by atoms with Crippen LogP contribution in [0.15, 0.2) is 24.3 Å². The second-order valence-corrected chi connectivity index (χ2v) is 4.12. The molecule has 0 saturated heterocycles. The molecule has 5 nitrogen and oxygen atoms in total. The molecule has 1 amide bonds. The molecular weight excluding hydrogens is 244 g/mol. The summed E-state index contributed by atoms with van der Waals surface area (Å²) >= 11 is 0. The summed E-state index contributed by atoms with van der Waals surface area (Å²) in [6.45, 7) is 2.35. The van der Waals surface area contributed by atoms with E-state index in [4.69, 9.17) is 9.47 Å². The van der Waals surface area contributed by atoms with Gasteiger partial charge in [-0.2, -0.15) is 0 Å². The molecule has 2 N–H and O–H groups in total. The Kier molecular flexibility index (Phi) is 7.62. The molecule has 1 aromatic carbocycles. The summed E-state index contributed by atoms with van der Waals surface area (Å²) in [5.74, 6) is 0.858. The lowest BCUT2D eigenvalue weighted by molar-refractivity contribution is -0.121. The molecule has 0 unspecified atom stereocenters. The fourth-order valence-corrected chi connectivity index (χ4v) is 1.47. The number of hydrogen-bond donors (Lipinski definition) is 2. The van der Waals surface area contributed by atoms with Gasteiger partial charge in [0.25, 0.3) is 0 Å². The number of rotatable bonds is 9. The van der Waals surface area contributed by atoms with Crippen molar-refractivity contribution in [2.24, 2.45) is 0 Å². The maximum absolute atomic E-state index is 11.4. The number of carbonyl (C=O) groups is 1. The molecule has 0 aliphatic carbocycles. The standard InChI is InChI=1S/C14H22N2O3/c1-15-8-7-14(17)16-11-12-3-5-13(6-4-12)19-10-9-18-2/h3-6,15H,7-11H2,1-2H3,(H,16,17). The molecule has 0 bridgehead atoms. The number of hydrogen-bond acceptors (Lipinski definition) is 4. The van der Waals surface area contributed by atoms with Crippen molar-refractivity contribution >= 4 is 5.91 Å². The number of amides is 1. The van der Waals surface area contributed by atoms with E-state index in [9.17, 15) is 4.79 Å². The van der Waals surface area contributed by atoms with Gasteiger partial charge in [-0.15, -0.1) is 0 Å². The molecule has 19 heavy (non-hydrogen) atoms. The molecule has 0 atom stereocenters. The first-order valence-electron chi connectivity index (χ1n) is 6.38. The van der Waals surface area contributed by atoms with Crippen molar-refractivity contribution in [2.75, 3.05) is 33.9 Å². The van der Waals surface area contributed by atoms with Crippen molar-refractivity contribution < 1.29 is 14.3 Å². The van der Waals surface area contributed by atoms with Gasteiger partial charge in [-0.25, -0.2) is 0 Å². The SMILES string of the molecule is CNCCC(=O)NCc1ccc(OCCOC)cc1. The van der Waals surface area contributed by atoms with Gasteiger partial charge >= 0.3 is 0 Å². The maximum atomic E-state index is 11.4. The molecule has 106 valence electrons. The molecule has 0 radical (unpaired) electrons. The zero-order chi connectivity index (χ0) is 13.9. The Labute approximate surface area is 114 Å². The average molecular weight is 266 g/mol. The van der Waals surface area contributed by atoms with Gasteiger partial charge in [-0.1, -0.05) is 12.1 Å². The van der Waals surface area contributed by atoms with E-state index >= 15 is 0 Å². The van der Waals surface area contributed by atoms with Crippen molar-refractivity contribution in [3.05, 3.63) is 29.8 Å². The summed E-state index contributed by atoms with van der Waals surface area (Å²) in [6, 6.07) is 7.68. The van der Waals surface area contributed by atoms with Gasteiger partial charge in [0.15, 0.2) is 0 Å². The third-order valence-electron chi connectivity index (χ3n) is 2.57. The molecule has 0 aliphatic heterocycles. The highest BCUT2D eigenvalue weighted by Crippen LogP contribution is 2.11.